The van der Waals surface area contributed by atoms with Gasteiger partial charge in [-0.2, -0.15) is 0 Å². The second-order valence-corrected chi connectivity index (χ2v) is 6.56. The third-order valence-electron chi connectivity index (χ3n) is 3.93. The molecule has 0 atom stereocenters. The lowest BCUT2D eigenvalue weighted by molar-refractivity contribution is -0.116. The maximum absolute atomic E-state index is 12.1. The van der Waals surface area contributed by atoms with Gasteiger partial charge in [0, 0.05) is 11.3 Å². The number of hydrogen-bond acceptors (Lipinski definition) is 5. The predicted molar refractivity (Wildman–Crippen MR) is 90.6 cm³/mol. The van der Waals surface area contributed by atoms with Crippen LogP contribution >= 0.6 is 11.3 Å². The van der Waals surface area contributed by atoms with Gasteiger partial charge in [-0.15, -0.1) is 11.3 Å². The molecule has 2 aromatic rings. The minimum absolute atomic E-state index is 0.00721. The standard InChI is InChI=1S/C17H20N2O3S/c1-21-13-8-6-11(10-14(13)22-2)7-9-16(20)19-17-18-12-4-3-5-15(12)23-17/h6,8,10H,3-5,7,9H2,1-2H3,(H,18,19,20). The first-order valence-corrected chi connectivity index (χ1v) is 8.50. The van der Waals surface area contributed by atoms with Crippen LogP contribution in [-0.4, -0.2) is 25.1 Å². The fourth-order valence-corrected chi connectivity index (χ4v) is 3.79. The third-order valence-corrected chi connectivity index (χ3v) is 5.00. The first kappa shape index (κ1) is 15.8. The smallest absolute Gasteiger partial charge is 0.226 e. The fraction of sp³-hybridized carbons (Fsp3) is 0.412. The first-order chi connectivity index (χ1) is 11.2. The molecule has 0 spiro atoms. The largest absolute Gasteiger partial charge is 0.493 e. The number of methoxy groups -OCH3 is 2. The molecule has 6 heteroatoms. The number of nitrogens with one attached hydrogen (secondary N) is 1. The first-order valence-electron chi connectivity index (χ1n) is 7.69. The van der Waals surface area contributed by atoms with Crippen molar-refractivity contribution < 1.29 is 14.3 Å². The van der Waals surface area contributed by atoms with Crippen molar-refractivity contribution in [2.45, 2.75) is 32.1 Å². The van der Waals surface area contributed by atoms with Crippen molar-refractivity contribution in [1.29, 1.82) is 0 Å². The van der Waals surface area contributed by atoms with Gasteiger partial charge in [0.1, 0.15) is 0 Å². The number of carbonyl (C=O) groups excluding carboxylic acids is 1. The lowest BCUT2D eigenvalue weighted by Gasteiger charge is -2.09. The minimum Gasteiger partial charge on any atom is -0.493 e. The Balaban J connectivity index is 1.56. The van der Waals surface area contributed by atoms with E-state index in [1.54, 1.807) is 25.6 Å². The zero-order valence-electron chi connectivity index (χ0n) is 13.3. The Hall–Kier alpha value is -2.08. The summed E-state index contributed by atoms with van der Waals surface area (Å²) in [7, 11) is 3.21. The summed E-state index contributed by atoms with van der Waals surface area (Å²) in [4.78, 5) is 17.9. The summed E-state index contributed by atoms with van der Waals surface area (Å²) in [5, 5.41) is 3.63. The van der Waals surface area contributed by atoms with E-state index < -0.39 is 0 Å². The number of aryl methyl sites for hydroxylation is 3. The normalized spacial score (nSPS) is 12.8. The molecule has 0 aliphatic heterocycles. The third kappa shape index (κ3) is 3.64. The molecule has 0 saturated carbocycles. The van der Waals surface area contributed by atoms with Gasteiger partial charge < -0.3 is 14.8 Å². The molecule has 1 aliphatic rings. The highest BCUT2D eigenvalue weighted by molar-refractivity contribution is 7.15. The molecule has 3 rings (SSSR count). The van der Waals surface area contributed by atoms with Crippen LogP contribution in [0.15, 0.2) is 18.2 Å². The molecule has 0 unspecified atom stereocenters. The van der Waals surface area contributed by atoms with Gasteiger partial charge in [-0.3, -0.25) is 4.79 Å². The van der Waals surface area contributed by atoms with Gasteiger partial charge in [0.25, 0.3) is 0 Å². The molecule has 0 radical (unpaired) electrons. The minimum atomic E-state index is -0.00721. The number of amides is 1. The number of rotatable bonds is 6. The Morgan fingerprint density at radius 2 is 2.09 bits per heavy atom. The maximum atomic E-state index is 12.1. The Kier molecular flexibility index (Phi) is 4.81. The van der Waals surface area contributed by atoms with Crippen LogP contribution in [0.25, 0.3) is 0 Å². The molecule has 1 amide bonds. The quantitative estimate of drug-likeness (QED) is 0.882. The second kappa shape index (κ2) is 7.00. The molecule has 1 aromatic carbocycles. The fourth-order valence-electron chi connectivity index (χ4n) is 2.72. The number of nitrogens with zero attached hydrogens (tertiary/aromatic N) is 1. The number of benzene rings is 1. The average molecular weight is 332 g/mol. The van der Waals surface area contributed by atoms with Crippen molar-refractivity contribution in [3.05, 3.63) is 34.3 Å². The average Bonchev–Trinajstić information content (AvgIpc) is 3.13. The molecule has 122 valence electrons. The van der Waals surface area contributed by atoms with Crippen LogP contribution in [0.3, 0.4) is 0 Å². The molecule has 1 aromatic heterocycles. The number of ether oxygens (including phenoxy) is 2. The van der Waals surface area contributed by atoms with E-state index in [1.165, 1.54) is 11.3 Å². The molecular weight excluding hydrogens is 312 g/mol. The monoisotopic (exact) mass is 332 g/mol. The number of carbonyl (C=O) groups is 1. The van der Waals surface area contributed by atoms with Crippen molar-refractivity contribution in [3.63, 3.8) is 0 Å². The van der Waals surface area contributed by atoms with E-state index in [0.29, 0.717) is 24.3 Å². The van der Waals surface area contributed by atoms with Gasteiger partial charge in [-0.05, 0) is 43.4 Å². The van der Waals surface area contributed by atoms with Gasteiger partial charge in [-0.1, -0.05) is 6.07 Å². The molecule has 1 N–H and O–H groups in total. The molecule has 0 bridgehead atoms. The molecular formula is C17H20N2O3S. The van der Waals surface area contributed by atoms with Crippen LogP contribution in [0, 0.1) is 0 Å². The van der Waals surface area contributed by atoms with E-state index in [1.807, 2.05) is 18.2 Å². The van der Waals surface area contributed by atoms with Crippen molar-refractivity contribution >= 4 is 22.4 Å². The maximum Gasteiger partial charge on any atom is 0.226 e. The summed E-state index contributed by atoms with van der Waals surface area (Å²) in [6.07, 6.45) is 4.38. The molecule has 5 nitrogen and oxygen atoms in total. The summed E-state index contributed by atoms with van der Waals surface area (Å²) in [5.41, 5.74) is 2.20. The van der Waals surface area contributed by atoms with Crippen molar-refractivity contribution in [1.82, 2.24) is 4.98 Å². The van der Waals surface area contributed by atoms with E-state index in [9.17, 15) is 4.79 Å². The van der Waals surface area contributed by atoms with Crippen molar-refractivity contribution in [3.8, 4) is 11.5 Å². The van der Waals surface area contributed by atoms with E-state index in [0.717, 1.165) is 29.2 Å². The molecule has 1 heterocycles. The molecule has 1 aliphatic carbocycles. The van der Waals surface area contributed by atoms with Crippen molar-refractivity contribution in [2.75, 3.05) is 19.5 Å². The Morgan fingerprint density at radius 3 is 2.83 bits per heavy atom. The number of thiazole rings is 1. The van der Waals surface area contributed by atoms with Crippen LogP contribution in [0.4, 0.5) is 5.13 Å². The Morgan fingerprint density at radius 1 is 1.26 bits per heavy atom. The van der Waals surface area contributed by atoms with Crippen molar-refractivity contribution in [2.24, 2.45) is 0 Å². The zero-order valence-corrected chi connectivity index (χ0v) is 14.2. The molecule has 0 fully saturated rings. The zero-order chi connectivity index (χ0) is 16.2. The second-order valence-electron chi connectivity index (χ2n) is 5.48. The summed E-state index contributed by atoms with van der Waals surface area (Å²) < 4.78 is 10.5. The summed E-state index contributed by atoms with van der Waals surface area (Å²) in [6, 6.07) is 5.72. The lowest BCUT2D eigenvalue weighted by Crippen LogP contribution is -2.12. The Bertz CT molecular complexity index is 690. The van der Waals surface area contributed by atoms with Gasteiger partial charge in [0.15, 0.2) is 16.6 Å². The number of hydrogen-bond donors (Lipinski definition) is 1. The van der Waals surface area contributed by atoms with Gasteiger partial charge in [0.05, 0.1) is 19.9 Å². The SMILES string of the molecule is COc1ccc(CCC(=O)Nc2nc3c(s2)CCC3)cc1OC. The van der Waals surface area contributed by atoms with Crippen LogP contribution in [0.5, 0.6) is 11.5 Å². The Labute approximate surface area is 139 Å². The highest BCUT2D eigenvalue weighted by atomic mass is 32.1. The van der Waals surface area contributed by atoms with Crippen LogP contribution in [-0.2, 0) is 24.1 Å². The molecule has 0 saturated heterocycles. The number of fused-ring (bicyclic) bond motifs is 1. The van der Waals surface area contributed by atoms with Crippen LogP contribution < -0.4 is 14.8 Å². The van der Waals surface area contributed by atoms with Crippen LogP contribution in [0.1, 0.15) is 29.0 Å². The van der Waals surface area contributed by atoms with E-state index in [-0.39, 0.29) is 5.91 Å². The number of aromatic nitrogens is 1. The van der Waals surface area contributed by atoms with Crippen LogP contribution in [0.2, 0.25) is 0 Å². The predicted octanol–water partition coefficient (Wildman–Crippen LogP) is 3.22. The van der Waals surface area contributed by atoms with Gasteiger partial charge in [-0.25, -0.2) is 4.98 Å². The highest BCUT2D eigenvalue weighted by Gasteiger charge is 2.17. The van der Waals surface area contributed by atoms with Gasteiger partial charge in [0.2, 0.25) is 5.91 Å². The highest BCUT2D eigenvalue weighted by Crippen LogP contribution is 2.31. The van der Waals surface area contributed by atoms with E-state index >= 15 is 0 Å². The lowest BCUT2D eigenvalue weighted by atomic mass is 10.1. The summed E-state index contributed by atoms with van der Waals surface area (Å²) in [6.45, 7) is 0. The summed E-state index contributed by atoms with van der Waals surface area (Å²) >= 11 is 1.60. The summed E-state index contributed by atoms with van der Waals surface area (Å²) in [5.74, 6) is 1.37. The molecule has 23 heavy (non-hydrogen) atoms. The van der Waals surface area contributed by atoms with E-state index in [4.69, 9.17) is 9.47 Å². The van der Waals surface area contributed by atoms with E-state index in [2.05, 4.69) is 10.3 Å². The van der Waals surface area contributed by atoms with Gasteiger partial charge >= 0.3 is 0 Å². The topological polar surface area (TPSA) is 60.5 Å². The number of anilines is 1.